The first-order valence-electron chi connectivity index (χ1n) is 2.79. The molecule has 1 amide bonds. The van der Waals surface area contributed by atoms with Crippen molar-refractivity contribution in [3.05, 3.63) is 0 Å². The normalized spacial score (nSPS) is 9.11. The van der Waals surface area contributed by atoms with Crippen molar-refractivity contribution in [2.45, 2.75) is 6.92 Å². The van der Waals surface area contributed by atoms with Crippen molar-refractivity contribution >= 4 is 17.7 Å². The summed E-state index contributed by atoms with van der Waals surface area (Å²) in [7, 11) is 0. The molecule has 3 N–H and O–H groups in total. The molecule has 0 fully saturated rings. The van der Waals surface area contributed by atoms with Crippen LogP contribution >= 0.6 is 11.8 Å². The zero-order valence-corrected chi connectivity index (χ0v) is 6.33. The van der Waals surface area contributed by atoms with Gasteiger partial charge in [0.05, 0.1) is 0 Å². The first-order chi connectivity index (χ1) is 4.27. The van der Waals surface area contributed by atoms with Crippen LogP contribution in [0.3, 0.4) is 0 Å². The average Bonchev–Trinajstić information content (AvgIpc) is 1.80. The summed E-state index contributed by atoms with van der Waals surface area (Å²) >= 11 is 1.61. The molecule has 0 bridgehead atoms. The van der Waals surface area contributed by atoms with Gasteiger partial charge in [0.2, 0.25) is 5.91 Å². The third-order valence-corrected chi connectivity index (χ3v) is 1.47. The summed E-state index contributed by atoms with van der Waals surface area (Å²) in [5.74, 6) is 1.54. The van der Waals surface area contributed by atoms with E-state index < -0.39 is 0 Å². The van der Waals surface area contributed by atoms with Crippen LogP contribution in [0.15, 0.2) is 0 Å². The highest BCUT2D eigenvalue weighted by molar-refractivity contribution is 7.99. The Morgan fingerprint density at radius 2 is 2.44 bits per heavy atom. The molecule has 0 saturated heterocycles. The fourth-order valence-electron chi connectivity index (χ4n) is 0.383. The van der Waals surface area contributed by atoms with Crippen LogP contribution in [0.1, 0.15) is 6.92 Å². The minimum atomic E-state index is 0.0209. The number of hydrogen-bond donors (Lipinski definition) is 2. The van der Waals surface area contributed by atoms with Crippen LogP contribution < -0.4 is 11.1 Å². The lowest BCUT2D eigenvalue weighted by Crippen LogP contribution is -2.22. The fraction of sp³-hybridized carbons (Fsp3) is 0.800. The van der Waals surface area contributed by atoms with Crippen molar-refractivity contribution in [3.63, 3.8) is 0 Å². The smallest absolute Gasteiger partial charge is 0.216 e. The zero-order chi connectivity index (χ0) is 7.11. The third kappa shape index (κ3) is 7.78. The number of rotatable bonds is 4. The Balaban J connectivity index is 2.83. The van der Waals surface area contributed by atoms with Crippen LogP contribution in [0.25, 0.3) is 0 Å². The van der Waals surface area contributed by atoms with Gasteiger partial charge < -0.3 is 11.1 Å². The lowest BCUT2D eigenvalue weighted by Gasteiger charge is -1.98. The van der Waals surface area contributed by atoms with Crippen molar-refractivity contribution in [1.82, 2.24) is 5.32 Å². The fourth-order valence-corrected chi connectivity index (χ4v) is 0.796. The van der Waals surface area contributed by atoms with Gasteiger partial charge in [-0.1, -0.05) is 0 Å². The van der Waals surface area contributed by atoms with E-state index in [0.717, 1.165) is 12.3 Å². The molecule has 4 heteroatoms. The maximum absolute atomic E-state index is 10.3. The largest absolute Gasteiger partial charge is 0.356 e. The van der Waals surface area contributed by atoms with Crippen LogP contribution in [-0.2, 0) is 4.79 Å². The number of carbonyl (C=O) groups excluding carboxylic acids is 1. The molecule has 0 unspecified atom stereocenters. The minimum absolute atomic E-state index is 0.0209. The molecule has 0 aromatic heterocycles. The zero-order valence-electron chi connectivity index (χ0n) is 5.52. The molecule has 0 aromatic carbocycles. The van der Waals surface area contributed by atoms with Crippen LogP contribution in [0, 0.1) is 0 Å². The molecular weight excluding hydrogens is 136 g/mol. The van der Waals surface area contributed by atoms with Crippen LogP contribution in [-0.4, -0.2) is 24.1 Å². The lowest BCUT2D eigenvalue weighted by molar-refractivity contribution is -0.118. The second-order valence-electron chi connectivity index (χ2n) is 1.56. The lowest BCUT2D eigenvalue weighted by atomic mass is 10.6. The van der Waals surface area contributed by atoms with E-state index in [-0.39, 0.29) is 5.91 Å². The number of nitrogens with two attached hydrogens (primary N) is 1. The van der Waals surface area contributed by atoms with Gasteiger partial charge in [0.25, 0.3) is 0 Å². The SMILES string of the molecule is CC(=O)NCCSCN. The molecule has 0 heterocycles. The number of carbonyl (C=O) groups is 1. The highest BCUT2D eigenvalue weighted by Crippen LogP contribution is 1.90. The summed E-state index contributed by atoms with van der Waals surface area (Å²) < 4.78 is 0. The molecule has 3 nitrogen and oxygen atoms in total. The predicted molar refractivity (Wildman–Crippen MR) is 40.2 cm³/mol. The van der Waals surface area contributed by atoms with E-state index in [2.05, 4.69) is 5.32 Å². The number of amides is 1. The van der Waals surface area contributed by atoms with E-state index in [9.17, 15) is 4.79 Å². The summed E-state index contributed by atoms with van der Waals surface area (Å²) in [6.07, 6.45) is 0. The van der Waals surface area contributed by atoms with Crippen molar-refractivity contribution in [3.8, 4) is 0 Å². The molecule has 0 aliphatic rings. The van der Waals surface area contributed by atoms with Crippen LogP contribution in [0.2, 0.25) is 0 Å². The highest BCUT2D eigenvalue weighted by Gasteiger charge is 1.87. The number of hydrogen-bond acceptors (Lipinski definition) is 3. The Labute approximate surface area is 59.4 Å². The van der Waals surface area contributed by atoms with Gasteiger partial charge in [-0.25, -0.2) is 0 Å². The second kappa shape index (κ2) is 5.91. The molecule has 0 aliphatic heterocycles. The molecule has 54 valence electrons. The van der Waals surface area contributed by atoms with E-state index in [0.29, 0.717) is 5.88 Å². The van der Waals surface area contributed by atoms with E-state index in [1.54, 1.807) is 11.8 Å². The maximum Gasteiger partial charge on any atom is 0.216 e. The minimum Gasteiger partial charge on any atom is -0.356 e. The topological polar surface area (TPSA) is 55.1 Å². The summed E-state index contributed by atoms with van der Waals surface area (Å²) in [6, 6.07) is 0. The van der Waals surface area contributed by atoms with Gasteiger partial charge >= 0.3 is 0 Å². The van der Waals surface area contributed by atoms with Gasteiger partial charge in [-0.05, 0) is 0 Å². The Bertz CT molecular complexity index is 87.0. The molecule has 0 radical (unpaired) electrons. The summed E-state index contributed by atoms with van der Waals surface area (Å²) in [4.78, 5) is 10.3. The molecule has 0 saturated carbocycles. The second-order valence-corrected chi connectivity index (χ2v) is 2.71. The Morgan fingerprint density at radius 3 is 2.89 bits per heavy atom. The van der Waals surface area contributed by atoms with Crippen LogP contribution in [0.5, 0.6) is 0 Å². The van der Waals surface area contributed by atoms with E-state index in [4.69, 9.17) is 5.73 Å². The van der Waals surface area contributed by atoms with E-state index in [1.807, 2.05) is 0 Å². The van der Waals surface area contributed by atoms with Gasteiger partial charge in [0.1, 0.15) is 0 Å². The Hall–Kier alpha value is -0.220. The average molecular weight is 148 g/mol. The molecule has 0 rings (SSSR count). The van der Waals surface area contributed by atoms with Crippen molar-refractivity contribution < 1.29 is 4.79 Å². The Morgan fingerprint density at radius 1 is 1.78 bits per heavy atom. The highest BCUT2D eigenvalue weighted by atomic mass is 32.2. The van der Waals surface area contributed by atoms with Crippen LogP contribution in [0.4, 0.5) is 0 Å². The summed E-state index contributed by atoms with van der Waals surface area (Å²) in [5.41, 5.74) is 5.20. The predicted octanol–water partition coefficient (Wildman–Crippen LogP) is -0.228. The van der Waals surface area contributed by atoms with Gasteiger partial charge in [-0.15, -0.1) is 11.8 Å². The monoisotopic (exact) mass is 148 g/mol. The van der Waals surface area contributed by atoms with E-state index in [1.165, 1.54) is 6.92 Å². The summed E-state index contributed by atoms with van der Waals surface area (Å²) in [6.45, 7) is 2.23. The quantitative estimate of drug-likeness (QED) is 0.428. The first kappa shape index (κ1) is 8.78. The maximum atomic E-state index is 10.3. The molecule has 0 aromatic rings. The first-order valence-corrected chi connectivity index (χ1v) is 3.95. The third-order valence-electron chi connectivity index (χ3n) is 0.738. The number of thioether (sulfide) groups is 1. The molecular formula is C5H12N2OS. The summed E-state index contributed by atoms with van der Waals surface area (Å²) in [5, 5.41) is 2.66. The van der Waals surface area contributed by atoms with E-state index >= 15 is 0 Å². The van der Waals surface area contributed by atoms with Gasteiger partial charge in [-0.2, -0.15) is 0 Å². The van der Waals surface area contributed by atoms with Crippen molar-refractivity contribution in [2.24, 2.45) is 5.73 Å². The van der Waals surface area contributed by atoms with Crippen molar-refractivity contribution in [1.29, 1.82) is 0 Å². The van der Waals surface area contributed by atoms with Crippen molar-refractivity contribution in [2.75, 3.05) is 18.2 Å². The van der Waals surface area contributed by atoms with Gasteiger partial charge in [0.15, 0.2) is 0 Å². The Kier molecular flexibility index (Phi) is 5.76. The number of nitrogens with one attached hydrogen (secondary N) is 1. The molecule has 0 atom stereocenters. The molecule has 9 heavy (non-hydrogen) atoms. The van der Waals surface area contributed by atoms with Gasteiger partial charge in [-0.3, -0.25) is 4.79 Å². The standard InChI is InChI=1S/C5H12N2OS/c1-5(8)7-2-3-9-4-6/h2-4,6H2,1H3,(H,7,8). The molecule has 0 aliphatic carbocycles. The molecule has 0 spiro atoms. The van der Waals surface area contributed by atoms with Gasteiger partial charge in [0, 0.05) is 25.1 Å².